The number of benzene rings is 2. The fourth-order valence-electron chi connectivity index (χ4n) is 4.26. The Labute approximate surface area is 182 Å². The zero-order chi connectivity index (χ0) is 21.1. The minimum absolute atomic E-state index is 0.146. The van der Waals surface area contributed by atoms with Gasteiger partial charge in [-0.2, -0.15) is 0 Å². The van der Waals surface area contributed by atoms with E-state index < -0.39 is 14.1 Å². The van der Waals surface area contributed by atoms with E-state index in [1.807, 2.05) is 6.07 Å². The standard InChI is InChI=1S/C23H28N2O4Se/c1-28-20-14-19-22(15-21(20)29-2)30(27)25(23(19)26)13-10-17-8-11-24(12-9-17)16-18-6-4-3-5-7-18/h3-7,14-15,17H,8-13,16H2,1-2H3. The number of methoxy groups -OCH3 is 2. The van der Waals surface area contributed by atoms with Gasteiger partial charge in [0.1, 0.15) is 0 Å². The van der Waals surface area contributed by atoms with Gasteiger partial charge < -0.3 is 0 Å². The fourth-order valence-corrected chi connectivity index (χ4v) is 6.99. The molecule has 6 nitrogen and oxygen atoms in total. The number of piperidine rings is 1. The van der Waals surface area contributed by atoms with Crippen molar-refractivity contribution in [2.24, 2.45) is 5.92 Å². The summed E-state index contributed by atoms with van der Waals surface area (Å²) in [5.74, 6) is 1.43. The van der Waals surface area contributed by atoms with Crippen LogP contribution in [0.4, 0.5) is 0 Å². The van der Waals surface area contributed by atoms with E-state index in [0.717, 1.165) is 38.9 Å². The molecule has 4 rings (SSSR count). The second kappa shape index (κ2) is 9.29. The van der Waals surface area contributed by atoms with Crippen molar-refractivity contribution in [3.8, 4) is 11.5 Å². The Kier molecular flexibility index (Phi) is 6.52. The number of carbonyl (C=O) groups excluding carboxylic acids is 1. The third-order valence-electron chi connectivity index (χ3n) is 6.03. The number of rotatable bonds is 7. The molecule has 0 saturated carbocycles. The van der Waals surface area contributed by atoms with Gasteiger partial charge in [0.2, 0.25) is 0 Å². The quantitative estimate of drug-likeness (QED) is 0.577. The number of fused-ring (bicyclic) bond motifs is 1. The Hall–Kier alpha value is -2.21. The number of nitrogens with zero attached hydrogens (tertiary/aromatic N) is 2. The van der Waals surface area contributed by atoms with E-state index in [1.54, 1.807) is 23.2 Å². The molecule has 0 spiro atoms. The molecule has 0 N–H and O–H groups in total. The number of likely N-dealkylation sites (tertiary alicyclic amines) is 1. The summed E-state index contributed by atoms with van der Waals surface area (Å²) in [6.45, 7) is 3.68. The van der Waals surface area contributed by atoms with Crippen LogP contribution < -0.4 is 13.9 Å². The molecule has 30 heavy (non-hydrogen) atoms. The molecule has 2 aliphatic rings. The van der Waals surface area contributed by atoms with Gasteiger partial charge in [0.25, 0.3) is 0 Å². The van der Waals surface area contributed by atoms with Crippen LogP contribution in [0.15, 0.2) is 42.5 Å². The summed E-state index contributed by atoms with van der Waals surface area (Å²) >= 11 is -2.58. The van der Waals surface area contributed by atoms with Crippen LogP contribution in [0.5, 0.6) is 11.5 Å². The zero-order valence-corrected chi connectivity index (χ0v) is 19.2. The number of amides is 1. The SMILES string of the molecule is COc1cc2c(cc1OC)[Se](=O)N(CCC1CCN(Cc3ccccc3)CC1)C2=O. The van der Waals surface area contributed by atoms with Gasteiger partial charge in [-0.15, -0.1) is 0 Å². The van der Waals surface area contributed by atoms with E-state index in [4.69, 9.17) is 9.47 Å². The van der Waals surface area contributed by atoms with Crippen LogP contribution in [0.3, 0.4) is 0 Å². The zero-order valence-electron chi connectivity index (χ0n) is 17.5. The van der Waals surface area contributed by atoms with E-state index in [2.05, 4.69) is 29.2 Å². The average Bonchev–Trinajstić information content (AvgIpc) is 3.02. The monoisotopic (exact) mass is 476 g/mol. The van der Waals surface area contributed by atoms with Crippen molar-refractivity contribution in [2.45, 2.75) is 25.8 Å². The van der Waals surface area contributed by atoms with Crippen LogP contribution in [0.2, 0.25) is 0 Å². The van der Waals surface area contributed by atoms with Gasteiger partial charge in [-0.05, 0) is 0 Å². The molecule has 0 radical (unpaired) electrons. The number of hydrogen-bond donors (Lipinski definition) is 0. The van der Waals surface area contributed by atoms with E-state index >= 15 is 0 Å². The summed E-state index contributed by atoms with van der Waals surface area (Å²) < 4.78 is 25.8. The number of ether oxygens (including phenoxy) is 2. The van der Waals surface area contributed by atoms with Crippen LogP contribution in [0.1, 0.15) is 35.2 Å². The molecule has 2 heterocycles. The Morgan fingerprint density at radius 3 is 2.37 bits per heavy atom. The third kappa shape index (κ3) is 4.29. The van der Waals surface area contributed by atoms with Crippen molar-refractivity contribution < 1.29 is 18.1 Å². The Morgan fingerprint density at radius 2 is 1.70 bits per heavy atom. The maximum atomic E-state index is 13.0. The van der Waals surface area contributed by atoms with Crippen molar-refractivity contribution in [1.82, 2.24) is 8.82 Å². The molecule has 1 saturated heterocycles. The van der Waals surface area contributed by atoms with Crippen molar-refractivity contribution in [2.75, 3.05) is 33.9 Å². The van der Waals surface area contributed by atoms with Crippen LogP contribution in [-0.4, -0.2) is 62.6 Å². The molecular weight excluding hydrogens is 447 g/mol. The maximum absolute atomic E-state index is 13.0. The average molecular weight is 475 g/mol. The van der Waals surface area contributed by atoms with Gasteiger partial charge in [-0.25, -0.2) is 0 Å². The molecule has 0 aliphatic carbocycles. The van der Waals surface area contributed by atoms with Crippen molar-refractivity contribution >= 4 is 24.4 Å². The van der Waals surface area contributed by atoms with Gasteiger partial charge in [-0.3, -0.25) is 0 Å². The number of carbonyl (C=O) groups is 1. The molecule has 1 fully saturated rings. The predicted octanol–water partition coefficient (Wildman–Crippen LogP) is 2.59. The minimum atomic E-state index is -2.58. The summed E-state index contributed by atoms with van der Waals surface area (Å²) in [6.07, 6.45) is 3.13. The first-order chi connectivity index (χ1) is 14.6. The first-order valence-corrected chi connectivity index (χ1v) is 12.7. The van der Waals surface area contributed by atoms with Crippen molar-refractivity contribution in [3.05, 3.63) is 53.6 Å². The summed E-state index contributed by atoms with van der Waals surface area (Å²) in [5.41, 5.74) is 1.84. The van der Waals surface area contributed by atoms with Crippen molar-refractivity contribution in [1.29, 1.82) is 0 Å². The first-order valence-electron chi connectivity index (χ1n) is 10.4. The first kappa shape index (κ1) is 21.0. The predicted molar refractivity (Wildman–Crippen MR) is 116 cm³/mol. The van der Waals surface area contributed by atoms with E-state index in [-0.39, 0.29) is 5.91 Å². The molecule has 7 heteroatoms. The normalized spacial score (nSPS) is 19.7. The van der Waals surface area contributed by atoms with E-state index in [1.165, 1.54) is 12.7 Å². The Morgan fingerprint density at radius 1 is 1.03 bits per heavy atom. The van der Waals surface area contributed by atoms with E-state index in [0.29, 0.717) is 34.0 Å². The summed E-state index contributed by atoms with van der Waals surface area (Å²) in [4.78, 5) is 15.3. The van der Waals surface area contributed by atoms with E-state index in [9.17, 15) is 8.63 Å². The Balaban J connectivity index is 1.32. The van der Waals surface area contributed by atoms with Crippen molar-refractivity contribution in [3.63, 3.8) is 0 Å². The Bertz CT molecular complexity index is 883. The fraction of sp³-hybridized carbons (Fsp3) is 0.435. The van der Waals surface area contributed by atoms with Crippen LogP contribution in [0, 0.1) is 5.92 Å². The van der Waals surface area contributed by atoms with Gasteiger partial charge in [0.15, 0.2) is 0 Å². The van der Waals surface area contributed by atoms with Gasteiger partial charge in [0.05, 0.1) is 0 Å². The molecule has 2 aliphatic heterocycles. The summed E-state index contributed by atoms with van der Waals surface area (Å²) in [7, 11) is 3.08. The summed E-state index contributed by atoms with van der Waals surface area (Å²) in [5, 5.41) is 0. The molecule has 0 bridgehead atoms. The molecule has 2 aromatic carbocycles. The molecule has 0 aromatic heterocycles. The molecule has 1 amide bonds. The third-order valence-corrected chi connectivity index (χ3v) is 9.10. The van der Waals surface area contributed by atoms with Crippen LogP contribution in [0.25, 0.3) is 0 Å². The molecule has 1 unspecified atom stereocenters. The van der Waals surface area contributed by atoms with Gasteiger partial charge >= 0.3 is 182 Å². The van der Waals surface area contributed by atoms with Gasteiger partial charge in [0, 0.05) is 0 Å². The molecule has 2 aromatic rings. The number of hydrogen-bond acceptors (Lipinski definition) is 5. The molecule has 1 atom stereocenters. The van der Waals surface area contributed by atoms with Crippen LogP contribution in [-0.2, 0) is 10.4 Å². The summed E-state index contributed by atoms with van der Waals surface area (Å²) in [6, 6.07) is 13.9. The second-order valence-corrected chi connectivity index (χ2v) is 10.7. The molecule has 160 valence electrons. The molecular formula is C23H28N2O4Se. The van der Waals surface area contributed by atoms with Gasteiger partial charge in [-0.1, -0.05) is 0 Å². The topological polar surface area (TPSA) is 59.1 Å². The second-order valence-electron chi connectivity index (χ2n) is 7.85. The van der Waals surface area contributed by atoms with Crippen LogP contribution >= 0.6 is 0 Å².